The van der Waals surface area contributed by atoms with Crippen LogP contribution in [0.25, 0.3) is 0 Å². The van der Waals surface area contributed by atoms with Crippen LogP contribution >= 0.6 is 0 Å². The highest BCUT2D eigenvalue weighted by Gasteiger charge is 2.55. The van der Waals surface area contributed by atoms with E-state index in [1.165, 1.54) is 0 Å². The SMILES string of the molecule is COCCCn1c(N2CCC(O)(C(F)(F)F)CC2)nnc1C1(C)CCC=CO1. The van der Waals surface area contributed by atoms with Gasteiger partial charge in [0, 0.05) is 46.2 Å². The average molecular weight is 404 g/mol. The number of ether oxygens (including phenoxy) is 2. The van der Waals surface area contributed by atoms with Crippen molar-refractivity contribution in [2.45, 2.75) is 63.0 Å². The molecule has 1 N–H and O–H groups in total. The van der Waals surface area contributed by atoms with Crippen molar-refractivity contribution in [2.75, 3.05) is 31.7 Å². The third-order valence-electron chi connectivity index (χ3n) is 5.55. The van der Waals surface area contributed by atoms with Crippen LogP contribution in [0.3, 0.4) is 0 Å². The molecular formula is C18H27F3N4O3. The summed E-state index contributed by atoms with van der Waals surface area (Å²) in [5.74, 6) is 1.16. The maximum Gasteiger partial charge on any atom is 0.417 e. The zero-order chi connectivity index (χ0) is 20.4. The molecule has 3 rings (SSSR count). The first-order valence-electron chi connectivity index (χ1n) is 9.50. The van der Waals surface area contributed by atoms with Gasteiger partial charge >= 0.3 is 6.18 Å². The van der Waals surface area contributed by atoms with Crippen molar-refractivity contribution >= 4 is 5.95 Å². The average Bonchev–Trinajstić information content (AvgIpc) is 3.07. The van der Waals surface area contributed by atoms with Gasteiger partial charge in [0.15, 0.2) is 17.0 Å². The maximum absolute atomic E-state index is 13.1. The summed E-state index contributed by atoms with van der Waals surface area (Å²) < 4.78 is 52.2. The molecule has 1 atom stereocenters. The quantitative estimate of drug-likeness (QED) is 0.735. The van der Waals surface area contributed by atoms with Crippen LogP contribution in [0.2, 0.25) is 0 Å². The summed E-state index contributed by atoms with van der Waals surface area (Å²) in [4.78, 5) is 1.76. The molecule has 1 saturated heterocycles. The number of halogens is 3. The Hall–Kier alpha value is -1.81. The zero-order valence-electron chi connectivity index (χ0n) is 16.2. The highest BCUT2D eigenvalue weighted by molar-refractivity contribution is 5.34. The fourth-order valence-corrected chi connectivity index (χ4v) is 3.70. The smallest absolute Gasteiger partial charge is 0.417 e. The summed E-state index contributed by atoms with van der Waals surface area (Å²) in [6.07, 6.45) is 0.463. The molecule has 0 radical (unpaired) electrons. The molecule has 2 aliphatic heterocycles. The zero-order valence-corrected chi connectivity index (χ0v) is 16.2. The number of anilines is 1. The summed E-state index contributed by atoms with van der Waals surface area (Å²) in [5, 5.41) is 18.5. The van der Waals surface area contributed by atoms with Crippen molar-refractivity contribution in [3.8, 4) is 0 Å². The van der Waals surface area contributed by atoms with Gasteiger partial charge in [-0.25, -0.2) is 0 Å². The van der Waals surface area contributed by atoms with Crippen LogP contribution in [0.4, 0.5) is 19.1 Å². The lowest BCUT2D eigenvalue weighted by molar-refractivity contribution is -0.266. The molecule has 0 saturated carbocycles. The lowest BCUT2D eigenvalue weighted by Crippen LogP contribution is -2.53. The maximum atomic E-state index is 13.1. The third kappa shape index (κ3) is 3.98. The van der Waals surface area contributed by atoms with E-state index in [0.717, 1.165) is 12.8 Å². The molecule has 1 aromatic rings. The molecule has 28 heavy (non-hydrogen) atoms. The molecule has 0 spiro atoms. The second-order valence-corrected chi connectivity index (χ2v) is 7.60. The molecule has 3 heterocycles. The van der Waals surface area contributed by atoms with Crippen molar-refractivity contribution in [1.82, 2.24) is 14.8 Å². The number of nitrogens with zero attached hydrogens (tertiary/aromatic N) is 4. The van der Waals surface area contributed by atoms with Gasteiger partial charge in [0.2, 0.25) is 5.95 Å². The van der Waals surface area contributed by atoms with Gasteiger partial charge in [-0.2, -0.15) is 13.2 Å². The van der Waals surface area contributed by atoms with Gasteiger partial charge < -0.3 is 19.5 Å². The Morgan fingerprint density at radius 2 is 1.96 bits per heavy atom. The van der Waals surface area contributed by atoms with E-state index < -0.39 is 30.2 Å². The van der Waals surface area contributed by atoms with Crippen molar-refractivity contribution in [3.63, 3.8) is 0 Å². The largest absolute Gasteiger partial charge is 0.487 e. The van der Waals surface area contributed by atoms with Gasteiger partial charge in [-0.3, -0.25) is 4.57 Å². The molecule has 158 valence electrons. The number of alkyl halides is 3. The van der Waals surface area contributed by atoms with Crippen LogP contribution in [-0.4, -0.2) is 58.5 Å². The minimum Gasteiger partial charge on any atom is -0.487 e. The third-order valence-corrected chi connectivity index (χ3v) is 5.55. The van der Waals surface area contributed by atoms with Gasteiger partial charge in [-0.1, -0.05) is 0 Å². The Morgan fingerprint density at radius 3 is 2.54 bits per heavy atom. The van der Waals surface area contributed by atoms with E-state index in [9.17, 15) is 18.3 Å². The number of aliphatic hydroxyl groups is 1. The van der Waals surface area contributed by atoms with Gasteiger partial charge in [0.1, 0.15) is 0 Å². The van der Waals surface area contributed by atoms with E-state index >= 15 is 0 Å². The Bertz CT molecular complexity index is 699. The van der Waals surface area contributed by atoms with Crippen molar-refractivity contribution in [1.29, 1.82) is 0 Å². The fraction of sp³-hybridized carbons (Fsp3) is 0.778. The standard InChI is InChI=1S/C18H27F3N4O3/c1-16(6-3-4-13-28-16)14-22-23-15(25(14)9-5-12-27-2)24-10-7-17(26,8-11-24)18(19,20)21/h4,13,26H,3,5-12H2,1-2H3. The van der Waals surface area contributed by atoms with E-state index in [2.05, 4.69) is 10.2 Å². The Morgan fingerprint density at radius 1 is 1.25 bits per heavy atom. The Labute approximate surface area is 162 Å². The van der Waals surface area contributed by atoms with E-state index in [1.54, 1.807) is 18.3 Å². The topological polar surface area (TPSA) is 72.6 Å². The molecule has 10 heteroatoms. The summed E-state index contributed by atoms with van der Waals surface area (Å²) in [7, 11) is 1.62. The van der Waals surface area contributed by atoms with E-state index in [-0.39, 0.29) is 13.1 Å². The predicted octanol–water partition coefficient (Wildman–Crippen LogP) is 2.75. The van der Waals surface area contributed by atoms with Crippen molar-refractivity contribution in [3.05, 3.63) is 18.2 Å². The number of hydrogen-bond acceptors (Lipinski definition) is 6. The normalized spacial score (nSPS) is 25.0. The highest BCUT2D eigenvalue weighted by atomic mass is 19.4. The van der Waals surface area contributed by atoms with E-state index in [0.29, 0.717) is 31.3 Å². The lowest BCUT2D eigenvalue weighted by Gasteiger charge is -2.39. The van der Waals surface area contributed by atoms with Gasteiger partial charge in [0.05, 0.1) is 6.26 Å². The molecule has 0 aromatic carbocycles. The summed E-state index contributed by atoms with van der Waals surface area (Å²) in [6, 6.07) is 0. The van der Waals surface area contributed by atoms with Gasteiger partial charge in [-0.05, 0) is 32.3 Å². The summed E-state index contributed by atoms with van der Waals surface area (Å²) in [5.41, 5.74) is -3.29. The van der Waals surface area contributed by atoms with Crippen molar-refractivity contribution < 1.29 is 27.8 Å². The second kappa shape index (κ2) is 7.90. The second-order valence-electron chi connectivity index (χ2n) is 7.60. The first-order valence-corrected chi connectivity index (χ1v) is 9.50. The molecule has 1 aromatic heterocycles. The molecule has 0 bridgehead atoms. The number of methoxy groups -OCH3 is 1. The summed E-state index contributed by atoms with van der Waals surface area (Å²) >= 11 is 0. The molecule has 1 unspecified atom stereocenters. The number of hydrogen-bond donors (Lipinski definition) is 1. The molecule has 1 fully saturated rings. The molecular weight excluding hydrogens is 377 g/mol. The van der Waals surface area contributed by atoms with Crippen molar-refractivity contribution in [2.24, 2.45) is 0 Å². The van der Waals surface area contributed by atoms with Crippen LogP contribution in [0, 0.1) is 0 Å². The van der Waals surface area contributed by atoms with Crippen LogP contribution < -0.4 is 4.90 Å². The Kier molecular flexibility index (Phi) is 5.90. The molecule has 0 amide bonds. The molecule has 0 aliphatic carbocycles. The highest BCUT2D eigenvalue weighted by Crippen LogP contribution is 2.40. The first kappa shape index (κ1) is 20.9. The molecule has 7 nitrogen and oxygen atoms in total. The van der Waals surface area contributed by atoms with Crippen LogP contribution in [0.15, 0.2) is 12.3 Å². The minimum absolute atomic E-state index is 0.0515. The fourth-order valence-electron chi connectivity index (χ4n) is 3.70. The van der Waals surface area contributed by atoms with E-state index in [4.69, 9.17) is 9.47 Å². The van der Waals surface area contributed by atoms with Gasteiger partial charge in [-0.15, -0.1) is 10.2 Å². The van der Waals surface area contributed by atoms with Crippen LogP contribution in [0.1, 0.15) is 44.9 Å². The molecule has 2 aliphatic rings. The number of aromatic nitrogens is 3. The van der Waals surface area contributed by atoms with Crippen LogP contribution in [-0.2, 0) is 21.6 Å². The number of allylic oxidation sites excluding steroid dienone is 1. The summed E-state index contributed by atoms with van der Waals surface area (Å²) in [6.45, 7) is 3.15. The van der Waals surface area contributed by atoms with E-state index in [1.807, 2.05) is 17.6 Å². The first-order chi connectivity index (χ1) is 13.2. The van der Waals surface area contributed by atoms with Crippen LogP contribution in [0.5, 0.6) is 0 Å². The monoisotopic (exact) mass is 404 g/mol. The minimum atomic E-state index is -4.63. The number of piperidine rings is 1. The lowest BCUT2D eigenvalue weighted by atomic mass is 9.91. The number of rotatable bonds is 6. The predicted molar refractivity (Wildman–Crippen MR) is 95.8 cm³/mol. The van der Waals surface area contributed by atoms with Gasteiger partial charge in [0.25, 0.3) is 0 Å². The Balaban J connectivity index is 1.84.